The van der Waals surface area contributed by atoms with Gasteiger partial charge in [0.15, 0.2) is 0 Å². The zero-order valence-corrected chi connectivity index (χ0v) is 13.3. The van der Waals surface area contributed by atoms with Crippen molar-refractivity contribution in [3.8, 4) is 0 Å². The first-order valence-electron chi connectivity index (χ1n) is 7.86. The number of carboxylic acids is 1. The lowest BCUT2D eigenvalue weighted by molar-refractivity contribution is 0.0680. The van der Waals surface area contributed by atoms with Crippen LogP contribution in [0.2, 0.25) is 0 Å². The summed E-state index contributed by atoms with van der Waals surface area (Å²) in [5, 5.41) is 11.7. The van der Waals surface area contributed by atoms with Gasteiger partial charge in [0, 0.05) is 25.3 Å². The van der Waals surface area contributed by atoms with Crippen LogP contribution in [0.4, 0.5) is 0 Å². The van der Waals surface area contributed by atoms with Crippen LogP contribution in [-0.2, 0) is 0 Å². The van der Waals surface area contributed by atoms with Crippen LogP contribution in [0, 0.1) is 0 Å². The topological polar surface area (TPSA) is 113 Å². The van der Waals surface area contributed by atoms with Crippen LogP contribution in [0.3, 0.4) is 0 Å². The number of hydrogen-bond acceptors (Lipinski definition) is 5. The molecule has 25 heavy (non-hydrogen) atoms. The van der Waals surface area contributed by atoms with Crippen molar-refractivity contribution in [1.82, 2.24) is 15.2 Å². The Morgan fingerprint density at radius 1 is 1.16 bits per heavy atom. The van der Waals surface area contributed by atoms with Crippen molar-refractivity contribution in [3.05, 3.63) is 53.7 Å². The van der Waals surface area contributed by atoms with E-state index in [9.17, 15) is 14.4 Å². The zero-order chi connectivity index (χ0) is 17.8. The van der Waals surface area contributed by atoms with E-state index in [4.69, 9.17) is 9.52 Å². The molecule has 0 aliphatic carbocycles. The molecule has 8 nitrogen and oxygen atoms in total. The van der Waals surface area contributed by atoms with Crippen molar-refractivity contribution in [2.24, 2.45) is 0 Å². The van der Waals surface area contributed by atoms with Gasteiger partial charge in [0.1, 0.15) is 12.0 Å². The Labute approximate surface area is 143 Å². The molecule has 1 saturated heterocycles. The molecule has 0 saturated carbocycles. The molecule has 0 bridgehead atoms. The number of amides is 2. The molecule has 0 spiro atoms. The summed E-state index contributed by atoms with van der Waals surface area (Å²) in [7, 11) is 0. The summed E-state index contributed by atoms with van der Waals surface area (Å²) in [4.78, 5) is 40.7. The van der Waals surface area contributed by atoms with E-state index in [1.165, 1.54) is 30.9 Å². The number of nitrogens with one attached hydrogen (secondary N) is 1. The second-order valence-electron chi connectivity index (χ2n) is 5.79. The highest BCUT2D eigenvalue weighted by Gasteiger charge is 2.25. The van der Waals surface area contributed by atoms with Crippen molar-refractivity contribution in [3.63, 3.8) is 0 Å². The Bertz CT molecular complexity index is 762. The average molecular weight is 343 g/mol. The Hall–Kier alpha value is -3.16. The third-order valence-corrected chi connectivity index (χ3v) is 4.13. The summed E-state index contributed by atoms with van der Waals surface area (Å²) in [6, 6.07) is 4.32. The first-order chi connectivity index (χ1) is 12.0. The number of hydrogen-bond donors (Lipinski definition) is 2. The molecule has 3 heterocycles. The van der Waals surface area contributed by atoms with Crippen LogP contribution in [0.25, 0.3) is 0 Å². The van der Waals surface area contributed by atoms with Gasteiger partial charge in [0.2, 0.25) is 0 Å². The molecular weight excluding hydrogens is 326 g/mol. The van der Waals surface area contributed by atoms with E-state index >= 15 is 0 Å². The van der Waals surface area contributed by atoms with Gasteiger partial charge < -0.3 is 19.7 Å². The summed E-state index contributed by atoms with van der Waals surface area (Å²) in [5.41, 5.74) is 0.719. The number of carbonyl (C=O) groups is 3. The summed E-state index contributed by atoms with van der Waals surface area (Å²) < 4.78 is 4.93. The molecule has 2 aromatic rings. The summed E-state index contributed by atoms with van der Waals surface area (Å²) in [6.07, 6.45) is 5.43. The number of carbonyl (C=O) groups excluding carboxylic acids is 2. The summed E-state index contributed by atoms with van der Waals surface area (Å²) >= 11 is 0. The lowest BCUT2D eigenvalue weighted by atomic mass is 10.0. The molecule has 1 fully saturated rings. The number of piperidine rings is 1. The lowest BCUT2D eigenvalue weighted by Gasteiger charge is -2.32. The first kappa shape index (κ1) is 16.7. The minimum Gasteiger partial charge on any atom is -0.477 e. The van der Waals surface area contributed by atoms with Crippen molar-refractivity contribution >= 4 is 17.8 Å². The van der Waals surface area contributed by atoms with Gasteiger partial charge in [-0.1, -0.05) is 0 Å². The highest BCUT2D eigenvalue weighted by Crippen LogP contribution is 2.15. The van der Waals surface area contributed by atoms with E-state index in [1.807, 2.05) is 0 Å². The highest BCUT2D eigenvalue weighted by atomic mass is 16.4. The van der Waals surface area contributed by atoms with Crippen molar-refractivity contribution in [2.45, 2.75) is 18.9 Å². The number of likely N-dealkylation sites (tertiary alicyclic amines) is 1. The number of aromatic nitrogens is 1. The minimum absolute atomic E-state index is 0.0416. The quantitative estimate of drug-likeness (QED) is 0.868. The average Bonchev–Trinajstić information content (AvgIpc) is 3.16. The van der Waals surface area contributed by atoms with Crippen LogP contribution in [0.5, 0.6) is 0 Å². The van der Waals surface area contributed by atoms with Crippen LogP contribution in [0.1, 0.15) is 44.0 Å². The molecule has 2 aromatic heterocycles. The van der Waals surface area contributed by atoms with Crippen LogP contribution >= 0.6 is 0 Å². The van der Waals surface area contributed by atoms with Crippen molar-refractivity contribution < 1.29 is 23.9 Å². The SMILES string of the molecule is O=C(NC1CCN(C(=O)c2ccoc2)CC1)c1ccc(C(=O)O)nc1. The van der Waals surface area contributed by atoms with E-state index in [2.05, 4.69) is 10.3 Å². The molecule has 2 amide bonds. The molecule has 0 aromatic carbocycles. The predicted octanol–water partition coefficient (Wildman–Crippen LogP) is 1.41. The molecular formula is C17H17N3O5. The van der Waals surface area contributed by atoms with E-state index in [0.717, 1.165) is 0 Å². The molecule has 8 heteroatoms. The second kappa shape index (κ2) is 7.16. The molecule has 1 aliphatic rings. The molecule has 130 valence electrons. The highest BCUT2D eigenvalue weighted by molar-refractivity contribution is 5.95. The van der Waals surface area contributed by atoms with Gasteiger partial charge in [-0.05, 0) is 31.0 Å². The lowest BCUT2D eigenvalue weighted by Crippen LogP contribution is -2.46. The molecule has 0 atom stereocenters. The maximum Gasteiger partial charge on any atom is 0.354 e. The van der Waals surface area contributed by atoms with Gasteiger partial charge in [-0.15, -0.1) is 0 Å². The Morgan fingerprint density at radius 2 is 1.92 bits per heavy atom. The van der Waals surface area contributed by atoms with Crippen molar-refractivity contribution in [2.75, 3.05) is 13.1 Å². The number of pyridine rings is 1. The van der Waals surface area contributed by atoms with Crippen LogP contribution in [0.15, 0.2) is 41.3 Å². The van der Waals surface area contributed by atoms with Gasteiger partial charge in [-0.2, -0.15) is 0 Å². The van der Waals surface area contributed by atoms with Gasteiger partial charge in [0.25, 0.3) is 11.8 Å². The third-order valence-electron chi connectivity index (χ3n) is 4.13. The van der Waals surface area contributed by atoms with E-state index in [1.54, 1.807) is 11.0 Å². The molecule has 0 unspecified atom stereocenters. The van der Waals surface area contributed by atoms with E-state index in [0.29, 0.717) is 37.1 Å². The largest absolute Gasteiger partial charge is 0.477 e. The minimum atomic E-state index is -1.14. The predicted molar refractivity (Wildman–Crippen MR) is 86.3 cm³/mol. The smallest absolute Gasteiger partial charge is 0.354 e. The fraction of sp³-hybridized carbons (Fsp3) is 0.294. The second-order valence-corrected chi connectivity index (χ2v) is 5.79. The van der Waals surface area contributed by atoms with Gasteiger partial charge in [-0.3, -0.25) is 9.59 Å². The normalized spacial score (nSPS) is 15.0. The Balaban J connectivity index is 1.52. The summed E-state index contributed by atoms with van der Waals surface area (Å²) in [6.45, 7) is 1.09. The first-order valence-corrected chi connectivity index (χ1v) is 7.86. The number of aromatic carboxylic acids is 1. The monoisotopic (exact) mass is 343 g/mol. The van der Waals surface area contributed by atoms with Gasteiger partial charge in [0.05, 0.1) is 17.4 Å². The fourth-order valence-corrected chi connectivity index (χ4v) is 2.72. The Kier molecular flexibility index (Phi) is 4.78. The third kappa shape index (κ3) is 3.85. The van der Waals surface area contributed by atoms with Gasteiger partial charge in [-0.25, -0.2) is 9.78 Å². The van der Waals surface area contributed by atoms with E-state index < -0.39 is 5.97 Å². The van der Waals surface area contributed by atoms with Crippen LogP contribution in [-0.4, -0.2) is 51.9 Å². The number of carboxylic acid groups (broad SMARTS) is 1. The zero-order valence-electron chi connectivity index (χ0n) is 13.3. The number of nitrogens with zero attached hydrogens (tertiary/aromatic N) is 2. The standard InChI is InChI=1S/C17H17N3O5/c21-15(11-1-2-14(17(23)24)18-9-11)19-13-3-6-20(7-4-13)16(22)12-5-8-25-10-12/h1-2,5,8-10,13H,3-4,6-7H2,(H,19,21)(H,23,24). The number of rotatable bonds is 4. The van der Waals surface area contributed by atoms with Crippen LogP contribution < -0.4 is 5.32 Å². The molecule has 1 aliphatic heterocycles. The van der Waals surface area contributed by atoms with Gasteiger partial charge >= 0.3 is 5.97 Å². The maximum absolute atomic E-state index is 12.2. The molecule has 2 N–H and O–H groups in total. The van der Waals surface area contributed by atoms with E-state index in [-0.39, 0.29) is 23.6 Å². The van der Waals surface area contributed by atoms with Crippen molar-refractivity contribution in [1.29, 1.82) is 0 Å². The summed E-state index contributed by atoms with van der Waals surface area (Å²) in [5.74, 6) is -1.52. The molecule has 3 rings (SSSR count). The number of furan rings is 1. The maximum atomic E-state index is 12.2. The molecule has 0 radical (unpaired) electrons. The Morgan fingerprint density at radius 3 is 2.48 bits per heavy atom. The fourth-order valence-electron chi connectivity index (χ4n) is 2.72.